The summed E-state index contributed by atoms with van der Waals surface area (Å²) in [5.41, 5.74) is 1.09. The third-order valence-corrected chi connectivity index (χ3v) is 3.54. The SMILES string of the molecule is O=[N+]([O-])c1cc(-c2nc(-c3cccc(Cl)c3)n[nH]2)ccc1Cl. The summed E-state index contributed by atoms with van der Waals surface area (Å²) in [6.07, 6.45) is 0. The summed E-state index contributed by atoms with van der Waals surface area (Å²) in [4.78, 5) is 14.7. The molecule has 110 valence electrons. The van der Waals surface area contributed by atoms with Crippen LogP contribution in [0.1, 0.15) is 0 Å². The molecule has 22 heavy (non-hydrogen) atoms. The highest BCUT2D eigenvalue weighted by Crippen LogP contribution is 2.29. The molecule has 0 saturated carbocycles. The first-order valence-electron chi connectivity index (χ1n) is 6.17. The highest BCUT2D eigenvalue weighted by Gasteiger charge is 2.15. The molecule has 0 aliphatic heterocycles. The molecule has 0 atom stereocenters. The average Bonchev–Trinajstić information content (AvgIpc) is 2.97. The fourth-order valence-electron chi connectivity index (χ4n) is 1.95. The molecular weight excluding hydrogens is 327 g/mol. The molecule has 8 heteroatoms. The van der Waals surface area contributed by atoms with Crippen molar-refractivity contribution < 1.29 is 4.92 Å². The van der Waals surface area contributed by atoms with Crippen molar-refractivity contribution in [2.24, 2.45) is 0 Å². The van der Waals surface area contributed by atoms with Crippen LogP contribution < -0.4 is 0 Å². The quantitative estimate of drug-likeness (QED) is 0.569. The molecule has 1 N–H and O–H groups in total. The Labute approximate surface area is 134 Å². The van der Waals surface area contributed by atoms with E-state index in [0.717, 1.165) is 5.56 Å². The summed E-state index contributed by atoms with van der Waals surface area (Å²) in [5.74, 6) is 0.866. The molecule has 0 aliphatic rings. The lowest BCUT2D eigenvalue weighted by atomic mass is 10.2. The van der Waals surface area contributed by atoms with Crippen LogP contribution in [0.15, 0.2) is 42.5 Å². The van der Waals surface area contributed by atoms with Crippen molar-refractivity contribution in [1.82, 2.24) is 15.2 Å². The van der Waals surface area contributed by atoms with Crippen molar-refractivity contribution in [3.8, 4) is 22.8 Å². The topological polar surface area (TPSA) is 84.7 Å². The molecule has 0 bridgehead atoms. The van der Waals surface area contributed by atoms with Gasteiger partial charge in [-0.3, -0.25) is 15.2 Å². The number of nitrogens with one attached hydrogen (secondary N) is 1. The Kier molecular flexibility index (Phi) is 3.79. The van der Waals surface area contributed by atoms with Gasteiger partial charge in [-0.2, -0.15) is 5.10 Å². The molecule has 0 unspecified atom stereocenters. The fraction of sp³-hybridized carbons (Fsp3) is 0. The minimum atomic E-state index is -0.542. The minimum absolute atomic E-state index is 0.0725. The molecule has 1 heterocycles. The van der Waals surface area contributed by atoms with E-state index in [1.807, 2.05) is 6.07 Å². The van der Waals surface area contributed by atoms with Gasteiger partial charge >= 0.3 is 0 Å². The molecule has 0 radical (unpaired) electrons. The van der Waals surface area contributed by atoms with Gasteiger partial charge in [-0.15, -0.1) is 0 Å². The van der Waals surface area contributed by atoms with E-state index in [-0.39, 0.29) is 10.7 Å². The van der Waals surface area contributed by atoms with Crippen molar-refractivity contribution in [2.45, 2.75) is 0 Å². The first-order valence-corrected chi connectivity index (χ1v) is 6.93. The predicted octanol–water partition coefficient (Wildman–Crippen LogP) is 4.35. The van der Waals surface area contributed by atoms with E-state index in [2.05, 4.69) is 15.2 Å². The van der Waals surface area contributed by atoms with E-state index in [9.17, 15) is 10.1 Å². The Bertz CT molecular complexity index is 864. The van der Waals surface area contributed by atoms with Gasteiger partial charge in [0.15, 0.2) is 11.6 Å². The second kappa shape index (κ2) is 5.75. The first kappa shape index (κ1) is 14.5. The summed E-state index contributed by atoms with van der Waals surface area (Å²) in [5, 5.41) is 18.4. The largest absolute Gasteiger partial charge is 0.288 e. The van der Waals surface area contributed by atoms with Gasteiger partial charge in [0.05, 0.1) is 4.92 Å². The summed E-state index contributed by atoms with van der Waals surface area (Å²) >= 11 is 11.7. The van der Waals surface area contributed by atoms with Crippen molar-refractivity contribution in [3.05, 3.63) is 62.6 Å². The Balaban J connectivity index is 2.01. The van der Waals surface area contributed by atoms with Gasteiger partial charge in [0, 0.05) is 22.2 Å². The van der Waals surface area contributed by atoms with E-state index in [1.165, 1.54) is 12.1 Å². The van der Waals surface area contributed by atoms with Gasteiger partial charge in [-0.25, -0.2) is 4.98 Å². The normalized spacial score (nSPS) is 10.6. The van der Waals surface area contributed by atoms with Gasteiger partial charge in [0.1, 0.15) is 5.02 Å². The van der Waals surface area contributed by atoms with Crippen LogP contribution in [0.5, 0.6) is 0 Å². The number of H-pyrrole nitrogens is 1. The van der Waals surface area contributed by atoms with E-state index in [4.69, 9.17) is 23.2 Å². The summed E-state index contributed by atoms with van der Waals surface area (Å²) < 4.78 is 0. The van der Waals surface area contributed by atoms with Crippen LogP contribution in [0.3, 0.4) is 0 Å². The number of nitro benzene ring substituents is 1. The number of aromatic amines is 1. The lowest BCUT2D eigenvalue weighted by Gasteiger charge is -1.98. The zero-order chi connectivity index (χ0) is 15.7. The van der Waals surface area contributed by atoms with Crippen LogP contribution in [-0.4, -0.2) is 20.1 Å². The Morgan fingerprint density at radius 1 is 1.09 bits per heavy atom. The maximum atomic E-state index is 10.9. The molecule has 0 amide bonds. The summed E-state index contributed by atoms with van der Waals surface area (Å²) in [6, 6.07) is 11.5. The van der Waals surface area contributed by atoms with Gasteiger partial charge < -0.3 is 0 Å². The number of nitrogens with zero attached hydrogens (tertiary/aromatic N) is 3. The summed E-state index contributed by atoms with van der Waals surface area (Å²) in [6.45, 7) is 0. The Hall–Kier alpha value is -2.44. The number of aromatic nitrogens is 3. The van der Waals surface area contributed by atoms with Gasteiger partial charge in [0.25, 0.3) is 5.69 Å². The smallest absolute Gasteiger partial charge is 0.259 e. The molecule has 0 saturated heterocycles. The third-order valence-electron chi connectivity index (χ3n) is 2.98. The highest BCUT2D eigenvalue weighted by atomic mass is 35.5. The predicted molar refractivity (Wildman–Crippen MR) is 83.9 cm³/mol. The van der Waals surface area contributed by atoms with Crippen molar-refractivity contribution >= 4 is 28.9 Å². The fourth-order valence-corrected chi connectivity index (χ4v) is 2.32. The molecule has 6 nitrogen and oxygen atoms in total. The Morgan fingerprint density at radius 3 is 2.64 bits per heavy atom. The maximum absolute atomic E-state index is 10.9. The number of rotatable bonds is 3. The second-order valence-electron chi connectivity index (χ2n) is 4.44. The number of nitro groups is 1. The number of benzene rings is 2. The molecular formula is C14H8Cl2N4O2. The zero-order valence-electron chi connectivity index (χ0n) is 11.0. The Morgan fingerprint density at radius 2 is 1.91 bits per heavy atom. The molecule has 3 rings (SSSR count). The average molecular weight is 335 g/mol. The van der Waals surface area contributed by atoms with Crippen LogP contribution in [0, 0.1) is 10.1 Å². The molecule has 2 aromatic carbocycles. The van der Waals surface area contributed by atoms with Crippen LogP contribution in [0.25, 0.3) is 22.8 Å². The standard InChI is InChI=1S/C14H8Cl2N4O2/c15-10-3-1-2-8(6-10)13-17-14(19-18-13)9-4-5-11(16)12(7-9)20(21)22/h1-7H,(H,17,18,19). The minimum Gasteiger partial charge on any atom is -0.259 e. The monoisotopic (exact) mass is 334 g/mol. The molecule has 0 fully saturated rings. The molecule has 1 aromatic heterocycles. The number of hydrogen-bond donors (Lipinski definition) is 1. The van der Waals surface area contributed by atoms with Crippen molar-refractivity contribution in [3.63, 3.8) is 0 Å². The van der Waals surface area contributed by atoms with Crippen LogP contribution in [-0.2, 0) is 0 Å². The zero-order valence-corrected chi connectivity index (χ0v) is 12.5. The third kappa shape index (κ3) is 2.79. The highest BCUT2D eigenvalue weighted by molar-refractivity contribution is 6.32. The second-order valence-corrected chi connectivity index (χ2v) is 5.28. The van der Waals surface area contributed by atoms with E-state index < -0.39 is 4.92 Å². The van der Waals surface area contributed by atoms with Gasteiger partial charge in [-0.1, -0.05) is 35.3 Å². The lowest BCUT2D eigenvalue weighted by molar-refractivity contribution is -0.384. The van der Waals surface area contributed by atoms with Crippen LogP contribution in [0.4, 0.5) is 5.69 Å². The van der Waals surface area contributed by atoms with Crippen LogP contribution in [0.2, 0.25) is 10.0 Å². The maximum Gasteiger partial charge on any atom is 0.288 e. The first-order chi connectivity index (χ1) is 10.5. The van der Waals surface area contributed by atoms with Gasteiger partial charge in [-0.05, 0) is 24.3 Å². The molecule has 3 aromatic rings. The van der Waals surface area contributed by atoms with Crippen molar-refractivity contribution in [1.29, 1.82) is 0 Å². The van der Waals surface area contributed by atoms with E-state index in [0.29, 0.717) is 22.2 Å². The lowest BCUT2D eigenvalue weighted by Crippen LogP contribution is -1.90. The van der Waals surface area contributed by atoms with E-state index in [1.54, 1.807) is 24.3 Å². The van der Waals surface area contributed by atoms with Crippen LogP contribution >= 0.6 is 23.2 Å². The van der Waals surface area contributed by atoms with Crippen molar-refractivity contribution in [2.75, 3.05) is 0 Å². The van der Waals surface area contributed by atoms with E-state index >= 15 is 0 Å². The molecule has 0 aliphatic carbocycles. The van der Waals surface area contributed by atoms with Gasteiger partial charge in [0.2, 0.25) is 0 Å². The number of hydrogen-bond acceptors (Lipinski definition) is 4. The molecule has 0 spiro atoms. The number of halogens is 2. The summed E-state index contributed by atoms with van der Waals surface area (Å²) in [7, 11) is 0.